The van der Waals surface area contributed by atoms with Crippen molar-refractivity contribution < 1.29 is 13.7 Å². The van der Waals surface area contributed by atoms with E-state index in [2.05, 4.69) is 15.5 Å². The molecule has 1 saturated carbocycles. The minimum absolute atomic E-state index is 0.0864. The maximum atomic E-state index is 13.2. The molecule has 1 aliphatic rings. The monoisotopic (exact) mass is 370 g/mol. The lowest BCUT2D eigenvalue weighted by Crippen LogP contribution is -2.39. The van der Waals surface area contributed by atoms with Gasteiger partial charge in [-0.2, -0.15) is 0 Å². The molecule has 0 radical (unpaired) electrons. The second-order valence-corrected chi connectivity index (χ2v) is 6.80. The third-order valence-electron chi connectivity index (χ3n) is 4.87. The van der Waals surface area contributed by atoms with E-state index in [-0.39, 0.29) is 41.1 Å². The van der Waals surface area contributed by atoms with Crippen molar-refractivity contribution in [2.75, 3.05) is 0 Å². The molecule has 0 unspecified atom stereocenters. The van der Waals surface area contributed by atoms with E-state index >= 15 is 0 Å². The van der Waals surface area contributed by atoms with Crippen LogP contribution in [0.1, 0.15) is 32.1 Å². The summed E-state index contributed by atoms with van der Waals surface area (Å²) in [6.07, 6.45) is 6.65. The summed E-state index contributed by atoms with van der Waals surface area (Å²) < 4.78 is 19.5. The summed E-state index contributed by atoms with van der Waals surface area (Å²) in [5.41, 5.74) is 0.491. The Morgan fingerprint density at radius 3 is 2.70 bits per heavy atom. The Kier molecular flexibility index (Phi) is 4.70. The zero-order valence-corrected chi connectivity index (χ0v) is 14.7. The number of nitrogens with zero attached hydrogens (tertiary/aromatic N) is 3. The smallest absolute Gasteiger partial charge is 0.267 e. The molecule has 1 N–H and O–H groups in total. The van der Waals surface area contributed by atoms with E-state index in [0.29, 0.717) is 5.56 Å². The lowest BCUT2D eigenvalue weighted by molar-refractivity contribution is -0.122. The van der Waals surface area contributed by atoms with Crippen molar-refractivity contribution in [1.82, 2.24) is 20.0 Å². The number of amides is 1. The maximum absolute atomic E-state index is 13.2. The van der Waals surface area contributed by atoms with Crippen LogP contribution in [0.5, 0.6) is 0 Å². The molecule has 8 heteroatoms. The largest absolute Gasteiger partial charge is 0.352 e. The summed E-state index contributed by atoms with van der Waals surface area (Å²) in [5, 5.41) is 7.05. The van der Waals surface area contributed by atoms with Gasteiger partial charge in [0, 0.05) is 11.6 Å². The molecule has 0 aliphatic heterocycles. The highest BCUT2D eigenvalue weighted by atomic mass is 19.1. The topological polar surface area (TPSA) is 90.0 Å². The van der Waals surface area contributed by atoms with E-state index in [1.807, 2.05) is 0 Å². The predicted molar refractivity (Wildman–Crippen MR) is 96.5 cm³/mol. The number of hydrogen-bond donors (Lipinski definition) is 1. The fourth-order valence-electron chi connectivity index (χ4n) is 3.47. The molecule has 0 atom stereocenters. The molecule has 2 heterocycles. The van der Waals surface area contributed by atoms with Gasteiger partial charge in [-0.25, -0.2) is 9.37 Å². The van der Waals surface area contributed by atoms with Crippen LogP contribution < -0.4 is 10.9 Å². The fraction of sp³-hybridized carbons (Fsp3) is 0.368. The van der Waals surface area contributed by atoms with Crippen LogP contribution in [0, 0.1) is 5.82 Å². The molecule has 27 heavy (non-hydrogen) atoms. The summed E-state index contributed by atoms with van der Waals surface area (Å²) in [4.78, 5) is 29.3. The second kappa shape index (κ2) is 7.30. The number of benzene rings is 1. The maximum Gasteiger partial charge on any atom is 0.267 e. The zero-order valence-electron chi connectivity index (χ0n) is 14.7. The summed E-state index contributed by atoms with van der Waals surface area (Å²) in [6.45, 7) is -0.119. The first-order valence-electron chi connectivity index (χ1n) is 9.02. The lowest BCUT2D eigenvalue weighted by Gasteiger charge is -2.22. The third-order valence-corrected chi connectivity index (χ3v) is 4.87. The van der Waals surface area contributed by atoms with Crippen LogP contribution in [0.3, 0.4) is 0 Å². The number of rotatable bonds is 4. The van der Waals surface area contributed by atoms with Crippen LogP contribution in [0.25, 0.3) is 22.4 Å². The van der Waals surface area contributed by atoms with Gasteiger partial charge >= 0.3 is 0 Å². The summed E-state index contributed by atoms with van der Waals surface area (Å²) in [5.74, 6) is -0.605. The van der Waals surface area contributed by atoms with Crippen molar-refractivity contribution in [3.05, 3.63) is 46.8 Å². The first-order valence-corrected chi connectivity index (χ1v) is 9.02. The van der Waals surface area contributed by atoms with Gasteiger partial charge in [0.1, 0.15) is 29.8 Å². The first-order chi connectivity index (χ1) is 13.1. The lowest BCUT2D eigenvalue weighted by atomic mass is 9.95. The molecule has 1 aromatic carbocycles. The molecule has 1 aliphatic carbocycles. The molecule has 0 bridgehead atoms. The quantitative estimate of drug-likeness (QED) is 0.762. The average Bonchev–Trinajstić information content (AvgIpc) is 3.10. The van der Waals surface area contributed by atoms with E-state index in [0.717, 1.165) is 25.7 Å². The molecule has 1 fully saturated rings. The summed E-state index contributed by atoms with van der Waals surface area (Å²) in [6, 6.07) is 5.76. The van der Waals surface area contributed by atoms with Crippen LogP contribution in [0.15, 0.2) is 39.9 Å². The van der Waals surface area contributed by atoms with E-state index in [1.54, 1.807) is 0 Å². The fourth-order valence-corrected chi connectivity index (χ4v) is 3.47. The number of carbonyl (C=O) groups is 1. The Labute approximate surface area is 154 Å². The number of aromatic nitrogens is 3. The van der Waals surface area contributed by atoms with Gasteiger partial charge in [0.25, 0.3) is 11.3 Å². The SMILES string of the molecule is O=C(Cn1cnc2onc(-c3ccc(F)cc3)c2c1=O)NC1CCCCC1. The van der Waals surface area contributed by atoms with E-state index in [9.17, 15) is 14.0 Å². The van der Waals surface area contributed by atoms with E-state index < -0.39 is 5.56 Å². The van der Waals surface area contributed by atoms with Crippen LogP contribution in [0.4, 0.5) is 4.39 Å². The molecule has 7 nitrogen and oxygen atoms in total. The second-order valence-electron chi connectivity index (χ2n) is 6.80. The van der Waals surface area contributed by atoms with Crippen LogP contribution in [0.2, 0.25) is 0 Å². The molecular weight excluding hydrogens is 351 g/mol. The molecule has 140 valence electrons. The summed E-state index contributed by atoms with van der Waals surface area (Å²) >= 11 is 0. The van der Waals surface area contributed by atoms with Crippen molar-refractivity contribution >= 4 is 17.0 Å². The molecule has 0 saturated heterocycles. The van der Waals surface area contributed by atoms with Gasteiger partial charge in [-0.3, -0.25) is 14.2 Å². The van der Waals surface area contributed by atoms with Gasteiger partial charge in [-0.1, -0.05) is 24.4 Å². The zero-order chi connectivity index (χ0) is 18.8. The van der Waals surface area contributed by atoms with Crippen LogP contribution >= 0.6 is 0 Å². The highest BCUT2D eigenvalue weighted by molar-refractivity contribution is 5.88. The van der Waals surface area contributed by atoms with Crippen molar-refractivity contribution in [2.45, 2.75) is 44.7 Å². The standard InChI is InChI=1S/C19H19FN4O3/c20-13-8-6-12(7-9-13)17-16-18(27-23-17)21-11-24(19(16)26)10-15(25)22-14-4-2-1-3-5-14/h6-9,11,14H,1-5,10H2,(H,22,25). The van der Waals surface area contributed by atoms with Gasteiger partial charge in [0.15, 0.2) is 0 Å². The Morgan fingerprint density at radius 1 is 1.22 bits per heavy atom. The van der Waals surface area contributed by atoms with E-state index in [1.165, 1.54) is 41.6 Å². The number of fused-ring (bicyclic) bond motifs is 1. The van der Waals surface area contributed by atoms with Gasteiger partial charge < -0.3 is 9.84 Å². The van der Waals surface area contributed by atoms with Crippen molar-refractivity contribution in [3.63, 3.8) is 0 Å². The van der Waals surface area contributed by atoms with Crippen LogP contribution in [-0.2, 0) is 11.3 Å². The van der Waals surface area contributed by atoms with E-state index in [4.69, 9.17) is 4.52 Å². The first kappa shape index (κ1) is 17.4. The molecule has 2 aromatic heterocycles. The Balaban J connectivity index is 1.61. The Bertz CT molecular complexity index is 1020. The molecular formula is C19H19FN4O3. The minimum atomic E-state index is -0.417. The van der Waals surface area contributed by atoms with Gasteiger partial charge in [0.2, 0.25) is 5.91 Å². The minimum Gasteiger partial charge on any atom is -0.352 e. The molecule has 4 rings (SSSR count). The van der Waals surface area contributed by atoms with Gasteiger partial charge in [-0.15, -0.1) is 0 Å². The average molecular weight is 370 g/mol. The number of nitrogens with one attached hydrogen (secondary N) is 1. The normalized spacial score (nSPS) is 15.1. The Morgan fingerprint density at radius 2 is 1.96 bits per heavy atom. The number of carbonyl (C=O) groups excluding carboxylic acids is 1. The van der Waals surface area contributed by atoms with Crippen LogP contribution in [-0.4, -0.2) is 26.7 Å². The number of halogens is 1. The highest BCUT2D eigenvalue weighted by Crippen LogP contribution is 2.24. The number of hydrogen-bond acceptors (Lipinski definition) is 5. The van der Waals surface area contributed by atoms with Crippen molar-refractivity contribution in [1.29, 1.82) is 0 Å². The van der Waals surface area contributed by atoms with Crippen molar-refractivity contribution in [2.24, 2.45) is 0 Å². The molecule has 1 amide bonds. The third kappa shape index (κ3) is 3.60. The highest BCUT2D eigenvalue weighted by Gasteiger charge is 2.19. The summed E-state index contributed by atoms with van der Waals surface area (Å²) in [7, 11) is 0. The Hall–Kier alpha value is -3.03. The van der Waals surface area contributed by atoms with Crippen molar-refractivity contribution in [3.8, 4) is 11.3 Å². The predicted octanol–water partition coefficient (Wildman–Crippen LogP) is 2.64. The molecule has 0 spiro atoms. The molecule has 3 aromatic rings. The van der Waals surface area contributed by atoms with Gasteiger partial charge in [0.05, 0.1) is 0 Å². The van der Waals surface area contributed by atoms with Gasteiger partial charge in [-0.05, 0) is 37.1 Å².